The number of anilines is 1. The maximum atomic E-state index is 12.2. The maximum absolute atomic E-state index is 12.2. The Morgan fingerprint density at radius 3 is 2.48 bits per heavy atom. The first-order valence-corrected chi connectivity index (χ1v) is 10.8. The Balaban J connectivity index is 1.24. The topological polar surface area (TPSA) is 74.5 Å². The van der Waals surface area contributed by atoms with Crippen molar-refractivity contribution in [2.75, 3.05) is 38.0 Å². The predicted octanol–water partition coefficient (Wildman–Crippen LogP) is 3.75. The summed E-state index contributed by atoms with van der Waals surface area (Å²) in [5.41, 5.74) is 3.01. The Morgan fingerprint density at radius 2 is 1.77 bits per heavy atom. The van der Waals surface area contributed by atoms with E-state index in [1.54, 1.807) is 0 Å². The Kier molecular flexibility index (Phi) is 6.74. The number of hydrogen-bond acceptors (Lipinski definition) is 6. The molecule has 1 saturated heterocycles. The molecule has 2 aromatic carbocycles. The smallest absolute Gasteiger partial charge is 0.244 e. The van der Waals surface area contributed by atoms with Crippen molar-refractivity contribution in [1.29, 1.82) is 0 Å². The van der Waals surface area contributed by atoms with Crippen molar-refractivity contribution in [3.05, 3.63) is 66.1 Å². The Morgan fingerprint density at radius 1 is 1.06 bits per heavy atom. The SMILES string of the molecule is Cc1ccc(-c2noc(C(C)N3CCN(CCC(=O)Nc4ccccc4)CC3)n2)cc1. The summed E-state index contributed by atoms with van der Waals surface area (Å²) < 4.78 is 5.56. The van der Waals surface area contributed by atoms with Crippen LogP contribution in [0.25, 0.3) is 11.4 Å². The van der Waals surface area contributed by atoms with Crippen LogP contribution in [-0.2, 0) is 4.79 Å². The molecule has 1 unspecified atom stereocenters. The number of piperazine rings is 1. The molecule has 1 aromatic heterocycles. The number of carbonyl (C=O) groups excluding carboxylic acids is 1. The average Bonchev–Trinajstić information content (AvgIpc) is 3.29. The maximum Gasteiger partial charge on any atom is 0.244 e. The van der Waals surface area contributed by atoms with E-state index < -0.39 is 0 Å². The van der Waals surface area contributed by atoms with Crippen LogP contribution in [0.1, 0.15) is 30.8 Å². The van der Waals surface area contributed by atoms with Gasteiger partial charge in [-0.05, 0) is 26.0 Å². The number of benzene rings is 2. The number of para-hydroxylation sites is 1. The van der Waals surface area contributed by atoms with E-state index in [0.717, 1.165) is 44.0 Å². The second-order valence-electron chi connectivity index (χ2n) is 8.04. The van der Waals surface area contributed by atoms with Gasteiger partial charge in [-0.2, -0.15) is 4.98 Å². The summed E-state index contributed by atoms with van der Waals surface area (Å²) in [5.74, 6) is 1.33. The molecule has 1 amide bonds. The summed E-state index contributed by atoms with van der Waals surface area (Å²) in [6.45, 7) is 8.58. The second kappa shape index (κ2) is 9.85. The van der Waals surface area contributed by atoms with E-state index >= 15 is 0 Å². The molecule has 0 spiro atoms. The van der Waals surface area contributed by atoms with Gasteiger partial charge in [0.25, 0.3) is 0 Å². The molecule has 7 heteroatoms. The number of aryl methyl sites for hydroxylation is 1. The van der Waals surface area contributed by atoms with Gasteiger partial charge >= 0.3 is 0 Å². The molecule has 4 rings (SSSR count). The minimum atomic E-state index is 0.0523. The molecule has 0 bridgehead atoms. The van der Waals surface area contributed by atoms with Crippen LogP contribution in [0.5, 0.6) is 0 Å². The summed E-state index contributed by atoms with van der Waals surface area (Å²) in [4.78, 5) is 21.5. The number of hydrogen-bond donors (Lipinski definition) is 1. The molecule has 1 fully saturated rings. The highest BCUT2D eigenvalue weighted by atomic mass is 16.5. The molecular weight excluding hydrogens is 390 g/mol. The first-order chi connectivity index (χ1) is 15.1. The molecule has 0 aliphatic carbocycles. The molecule has 1 aliphatic heterocycles. The van der Waals surface area contributed by atoms with E-state index in [2.05, 4.69) is 39.1 Å². The lowest BCUT2D eigenvalue weighted by Gasteiger charge is -2.36. The summed E-state index contributed by atoms with van der Waals surface area (Å²) in [6.07, 6.45) is 0.494. The van der Waals surface area contributed by atoms with Gasteiger partial charge in [-0.15, -0.1) is 0 Å². The van der Waals surface area contributed by atoms with E-state index in [1.165, 1.54) is 5.56 Å². The fourth-order valence-electron chi connectivity index (χ4n) is 3.76. The molecule has 2 heterocycles. The third-order valence-corrected chi connectivity index (χ3v) is 5.78. The van der Waals surface area contributed by atoms with Gasteiger partial charge < -0.3 is 14.7 Å². The van der Waals surface area contributed by atoms with Gasteiger partial charge in [0.2, 0.25) is 17.6 Å². The zero-order valence-electron chi connectivity index (χ0n) is 18.1. The van der Waals surface area contributed by atoms with Gasteiger partial charge in [0.1, 0.15) is 0 Å². The molecule has 0 radical (unpaired) electrons. The Labute approximate surface area is 183 Å². The quantitative estimate of drug-likeness (QED) is 0.629. The van der Waals surface area contributed by atoms with Crippen LogP contribution in [0.4, 0.5) is 5.69 Å². The fourth-order valence-corrected chi connectivity index (χ4v) is 3.76. The summed E-state index contributed by atoms with van der Waals surface area (Å²) in [6, 6.07) is 17.8. The lowest BCUT2D eigenvalue weighted by atomic mass is 10.1. The zero-order valence-corrected chi connectivity index (χ0v) is 18.1. The monoisotopic (exact) mass is 419 g/mol. The molecule has 3 aromatic rings. The van der Waals surface area contributed by atoms with E-state index in [4.69, 9.17) is 4.52 Å². The number of carbonyl (C=O) groups is 1. The number of amides is 1. The normalized spacial score (nSPS) is 16.2. The lowest BCUT2D eigenvalue weighted by Crippen LogP contribution is -2.47. The molecule has 162 valence electrons. The number of rotatable bonds is 7. The molecular formula is C24H29N5O2. The standard InChI is InChI=1S/C24H29N5O2/c1-18-8-10-20(11-9-18)23-26-24(31-27-23)19(2)29-16-14-28(15-17-29)13-12-22(30)25-21-6-4-3-5-7-21/h3-11,19H,12-17H2,1-2H3,(H,25,30). The van der Waals surface area contributed by atoms with Crippen molar-refractivity contribution < 1.29 is 9.32 Å². The molecule has 1 atom stereocenters. The van der Waals surface area contributed by atoms with Crippen molar-refractivity contribution in [2.24, 2.45) is 0 Å². The van der Waals surface area contributed by atoms with Crippen molar-refractivity contribution in [3.8, 4) is 11.4 Å². The predicted molar refractivity (Wildman–Crippen MR) is 121 cm³/mol. The van der Waals surface area contributed by atoms with Gasteiger partial charge in [0, 0.05) is 50.4 Å². The number of nitrogens with zero attached hydrogens (tertiary/aromatic N) is 4. The largest absolute Gasteiger partial charge is 0.337 e. The van der Waals surface area contributed by atoms with Gasteiger partial charge in [-0.1, -0.05) is 53.2 Å². The Bertz CT molecular complexity index is 979. The first-order valence-electron chi connectivity index (χ1n) is 10.8. The summed E-state index contributed by atoms with van der Waals surface area (Å²) >= 11 is 0. The minimum absolute atomic E-state index is 0.0523. The van der Waals surface area contributed by atoms with Gasteiger partial charge in [0.05, 0.1) is 6.04 Å². The van der Waals surface area contributed by atoms with Crippen LogP contribution in [0.2, 0.25) is 0 Å². The van der Waals surface area contributed by atoms with Crippen LogP contribution >= 0.6 is 0 Å². The van der Waals surface area contributed by atoms with Crippen molar-refractivity contribution in [1.82, 2.24) is 19.9 Å². The van der Waals surface area contributed by atoms with Gasteiger partial charge in [0.15, 0.2) is 0 Å². The molecule has 7 nitrogen and oxygen atoms in total. The third-order valence-electron chi connectivity index (χ3n) is 5.78. The fraction of sp³-hybridized carbons (Fsp3) is 0.375. The van der Waals surface area contributed by atoms with E-state index in [-0.39, 0.29) is 11.9 Å². The van der Waals surface area contributed by atoms with Crippen molar-refractivity contribution in [3.63, 3.8) is 0 Å². The average molecular weight is 420 g/mol. The van der Waals surface area contributed by atoms with Crippen LogP contribution in [0.3, 0.4) is 0 Å². The summed E-state index contributed by atoms with van der Waals surface area (Å²) in [7, 11) is 0. The first kappa shape index (κ1) is 21.2. The van der Waals surface area contributed by atoms with E-state index in [0.29, 0.717) is 18.1 Å². The third kappa shape index (κ3) is 5.57. The van der Waals surface area contributed by atoms with Crippen LogP contribution in [0.15, 0.2) is 59.1 Å². The van der Waals surface area contributed by atoms with Crippen LogP contribution < -0.4 is 5.32 Å². The molecule has 31 heavy (non-hydrogen) atoms. The molecule has 1 N–H and O–H groups in total. The van der Waals surface area contributed by atoms with E-state index in [9.17, 15) is 4.79 Å². The summed E-state index contributed by atoms with van der Waals surface area (Å²) in [5, 5.41) is 7.11. The van der Waals surface area contributed by atoms with Crippen LogP contribution in [-0.4, -0.2) is 58.6 Å². The van der Waals surface area contributed by atoms with Gasteiger partial charge in [-0.3, -0.25) is 9.69 Å². The highest BCUT2D eigenvalue weighted by Crippen LogP contribution is 2.23. The number of aromatic nitrogens is 2. The second-order valence-corrected chi connectivity index (χ2v) is 8.04. The van der Waals surface area contributed by atoms with Crippen molar-refractivity contribution >= 4 is 11.6 Å². The van der Waals surface area contributed by atoms with Gasteiger partial charge in [-0.25, -0.2) is 0 Å². The Hall–Kier alpha value is -3.03. The van der Waals surface area contributed by atoms with Crippen molar-refractivity contribution in [2.45, 2.75) is 26.3 Å². The lowest BCUT2D eigenvalue weighted by molar-refractivity contribution is -0.116. The molecule has 1 aliphatic rings. The molecule has 0 saturated carbocycles. The zero-order chi connectivity index (χ0) is 21.6. The highest BCUT2D eigenvalue weighted by molar-refractivity contribution is 5.90. The number of nitrogens with one attached hydrogen (secondary N) is 1. The highest BCUT2D eigenvalue weighted by Gasteiger charge is 2.26. The minimum Gasteiger partial charge on any atom is -0.337 e. The van der Waals surface area contributed by atoms with Crippen LogP contribution in [0, 0.1) is 6.92 Å². The van der Waals surface area contributed by atoms with E-state index in [1.807, 2.05) is 54.6 Å².